The van der Waals surface area contributed by atoms with E-state index in [0.717, 1.165) is 5.75 Å². The van der Waals surface area contributed by atoms with Gasteiger partial charge in [0.2, 0.25) is 0 Å². The molecule has 0 aliphatic rings. The van der Waals surface area contributed by atoms with Crippen molar-refractivity contribution in [3.63, 3.8) is 0 Å². The SMILES string of the molecule is CCCSCC(NN)c1cncc(C)c1. The van der Waals surface area contributed by atoms with E-state index in [-0.39, 0.29) is 6.04 Å². The van der Waals surface area contributed by atoms with Crippen molar-refractivity contribution in [2.24, 2.45) is 5.84 Å². The monoisotopic (exact) mass is 225 g/mol. The molecule has 15 heavy (non-hydrogen) atoms. The van der Waals surface area contributed by atoms with E-state index >= 15 is 0 Å². The van der Waals surface area contributed by atoms with E-state index in [1.807, 2.05) is 31.1 Å². The molecule has 1 aromatic rings. The van der Waals surface area contributed by atoms with Crippen LogP contribution in [-0.4, -0.2) is 16.5 Å². The van der Waals surface area contributed by atoms with Crippen molar-refractivity contribution >= 4 is 11.8 Å². The van der Waals surface area contributed by atoms with Crippen molar-refractivity contribution in [2.45, 2.75) is 26.3 Å². The van der Waals surface area contributed by atoms with E-state index in [1.54, 1.807) is 0 Å². The second kappa shape index (κ2) is 6.82. The van der Waals surface area contributed by atoms with Gasteiger partial charge in [-0.05, 0) is 30.2 Å². The highest BCUT2D eigenvalue weighted by atomic mass is 32.2. The molecule has 1 rings (SSSR count). The molecule has 0 fully saturated rings. The van der Waals surface area contributed by atoms with Crippen molar-refractivity contribution in [1.29, 1.82) is 0 Å². The molecule has 0 saturated carbocycles. The summed E-state index contributed by atoms with van der Waals surface area (Å²) in [6, 6.07) is 2.33. The van der Waals surface area contributed by atoms with Gasteiger partial charge in [0, 0.05) is 18.1 Å². The first-order valence-corrected chi connectivity index (χ1v) is 6.38. The van der Waals surface area contributed by atoms with Gasteiger partial charge in [0.25, 0.3) is 0 Å². The summed E-state index contributed by atoms with van der Waals surface area (Å²) >= 11 is 1.92. The van der Waals surface area contributed by atoms with Gasteiger partial charge in [-0.15, -0.1) is 0 Å². The van der Waals surface area contributed by atoms with Crippen LogP contribution in [-0.2, 0) is 0 Å². The van der Waals surface area contributed by atoms with E-state index in [2.05, 4.69) is 23.4 Å². The zero-order valence-corrected chi connectivity index (χ0v) is 10.2. The average Bonchev–Trinajstić information content (AvgIpc) is 2.24. The van der Waals surface area contributed by atoms with Gasteiger partial charge in [-0.2, -0.15) is 11.8 Å². The van der Waals surface area contributed by atoms with Gasteiger partial charge in [-0.1, -0.05) is 13.0 Å². The Morgan fingerprint density at radius 3 is 2.93 bits per heavy atom. The summed E-state index contributed by atoms with van der Waals surface area (Å²) in [4.78, 5) is 4.18. The molecule has 4 heteroatoms. The lowest BCUT2D eigenvalue weighted by molar-refractivity contribution is 0.608. The number of rotatable bonds is 6. The molecular weight excluding hydrogens is 206 g/mol. The Morgan fingerprint density at radius 2 is 2.33 bits per heavy atom. The molecule has 1 aromatic heterocycles. The topological polar surface area (TPSA) is 50.9 Å². The van der Waals surface area contributed by atoms with Gasteiger partial charge in [0.05, 0.1) is 6.04 Å². The summed E-state index contributed by atoms with van der Waals surface area (Å²) in [6.45, 7) is 4.23. The molecule has 0 radical (unpaired) electrons. The van der Waals surface area contributed by atoms with Gasteiger partial charge >= 0.3 is 0 Å². The first-order valence-electron chi connectivity index (χ1n) is 5.23. The number of nitrogens with one attached hydrogen (secondary N) is 1. The number of nitrogens with zero attached hydrogens (tertiary/aromatic N) is 1. The van der Waals surface area contributed by atoms with Crippen LogP contribution in [0.1, 0.15) is 30.5 Å². The molecule has 1 heterocycles. The highest BCUT2D eigenvalue weighted by molar-refractivity contribution is 7.99. The quantitative estimate of drug-likeness (QED) is 0.442. The van der Waals surface area contributed by atoms with Crippen LogP contribution in [0.25, 0.3) is 0 Å². The number of thioether (sulfide) groups is 1. The third-order valence-corrected chi connectivity index (χ3v) is 3.40. The lowest BCUT2D eigenvalue weighted by atomic mass is 10.1. The first-order chi connectivity index (χ1) is 7.27. The van der Waals surface area contributed by atoms with Crippen LogP contribution in [0.3, 0.4) is 0 Å². The fourth-order valence-electron chi connectivity index (χ4n) is 1.35. The summed E-state index contributed by atoms with van der Waals surface area (Å²) < 4.78 is 0. The van der Waals surface area contributed by atoms with Crippen molar-refractivity contribution in [2.75, 3.05) is 11.5 Å². The van der Waals surface area contributed by atoms with Crippen LogP contribution in [0.4, 0.5) is 0 Å². The Hall–Kier alpha value is -0.580. The Morgan fingerprint density at radius 1 is 1.53 bits per heavy atom. The van der Waals surface area contributed by atoms with E-state index in [1.165, 1.54) is 23.3 Å². The summed E-state index contributed by atoms with van der Waals surface area (Å²) in [5.41, 5.74) is 5.19. The van der Waals surface area contributed by atoms with Crippen LogP contribution in [0.2, 0.25) is 0 Å². The summed E-state index contributed by atoms with van der Waals surface area (Å²) in [7, 11) is 0. The number of nitrogens with two attached hydrogens (primary N) is 1. The van der Waals surface area contributed by atoms with Crippen LogP contribution in [0, 0.1) is 6.92 Å². The van der Waals surface area contributed by atoms with Crippen molar-refractivity contribution < 1.29 is 0 Å². The van der Waals surface area contributed by atoms with Crippen LogP contribution >= 0.6 is 11.8 Å². The number of aryl methyl sites for hydroxylation is 1. The molecule has 3 nitrogen and oxygen atoms in total. The number of hydrogen-bond acceptors (Lipinski definition) is 4. The van der Waals surface area contributed by atoms with E-state index in [9.17, 15) is 0 Å². The lowest BCUT2D eigenvalue weighted by Gasteiger charge is -2.15. The average molecular weight is 225 g/mol. The first kappa shape index (κ1) is 12.5. The molecule has 0 aliphatic carbocycles. The molecule has 1 unspecified atom stereocenters. The number of hydrazine groups is 1. The van der Waals surface area contributed by atoms with Gasteiger partial charge in [0.1, 0.15) is 0 Å². The van der Waals surface area contributed by atoms with Gasteiger partial charge in [-0.25, -0.2) is 0 Å². The molecule has 3 N–H and O–H groups in total. The number of pyridine rings is 1. The molecule has 0 saturated heterocycles. The summed E-state index contributed by atoms with van der Waals surface area (Å²) in [6.07, 6.45) is 4.94. The smallest absolute Gasteiger partial charge is 0.0565 e. The van der Waals surface area contributed by atoms with Gasteiger partial charge < -0.3 is 0 Å². The van der Waals surface area contributed by atoms with Crippen molar-refractivity contribution in [3.05, 3.63) is 29.6 Å². The zero-order valence-electron chi connectivity index (χ0n) is 9.36. The fourth-order valence-corrected chi connectivity index (χ4v) is 2.33. The van der Waals surface area contributed by atoms with Crippen LogP contribution in [0.5, 0.6) is 0 Å². The maximum atomic E-state index is 5.55. The minimum absolute atomic E-state index is 0.203. The molecule has 0 bridgehead atoms. The van der Waals surface area contributed by atoms with Crippen molar-refractivity contribution in [3.8, 4) is 0 Å². The lowest BCUT2D eigenvalue weighted by Crippen LogP contribution is -2.29. The molecule has 0 spiro atoms. The van der Waals surface area contributed by atoms with E-state index in [0.29, 0.717) is 0 Å². The third-order valence-electron chi connectivity index (χ3n) is 2.13. The van der Waals surface area contributed by atoms with Gasteiger partial charge in [0.15, 0.2) is 0 Å². The second-order valence-corrected chi connectivity index (χ2v) is 4.74. The predicted octanol–water partition coefficient (Wildman–Crippen LogP) is 2.04. The fraction of sp³-hybridized carbons (Fsp3) is 0.545. The predicted molar refractivity (Wildman–Crippen MR) is 66.7 cm³/mol. The van der Waals surface area contributed by atoms with E-state index < -0.39 is 0 Å². The normalized spacial score (nSPS) is 12.7. The standard InChI is InChI=1S/C11H19N3S/c1-3-4-15-8-11(14-12)10-5-9(2)6-13-7-10/h5-7,11,14H,3-4,8,12H2,1-2H3. The maximum absolute atomic E-state index is 5.55. The third kappa shape index (κ3) is 4.20. The summed E-state index contributed by atoms with van der Waals surface area (Å²) in [5.74, 6) is 7.72. The van der Waals surface area contributed by atoms with E-state index in [4.69, 9.17) is 5.84 Å². The molecule has 0 amide bonds. The molecule has 0 aromatic carbocycles. The number of aromatic nitrogens is 1. The molecule has 84 valence electrons. The van der Waals surface area contributed by atoms with Crippen LogP contribution < -0.4 is 11.3 Å². The molecular formula is C11H19N3S. The summed E-state index contributed by atoms with van der Waals surface area (Å²) in [5, 5.41) is 0. The largest absolute Gasteiger partial charge is 0.271 e. The van der Waals surface area contributed by atoms with Gasteiger partial charge in [-0.3, -0.25) is 16.3 Å². The molecule has 1 atom stereocenters. The Labute approximate surface area is 95.8 Å². The van der Waals surface area contributed by atoms with Crippen LogP contribution in [0.15, 0.2) is 18.5 Å². The van der Waals surface area contributed by atoms with Crippen molar-refractivity contribution in [1.82, 2.24) is 10.4 Å². The zero-order chi connectivity index (χ0) is 11.1. The molecule has 0 aliphatic heterocycles. The maximum Gasteiger partial charge on any atom is 0.0565 e. The highest BCUT2D eigenvalue weighted by Crippen LogP contribution is 2.18. The second-order valence-electron chi connectivity index (χ2n) is 3.59. The Kier molecular flexibility index (Phi) is 5.68. The Balaban J connectivity index is 2.57. The Bertz CT molecular complexity index is 291. The highest BCUT2D eigenvalue weighted by Gasteiger charge is 2.09. The number of hydrogen-bond donors (Lipinski definition) is 2. The minimum atomic E-state index is 0.203. The minimum Gasteiger partial charge on any atom is -0.271 e.